The molecule has 4 aromatic carbocycles. The number of ether oxygens (including phenoxy) is 6. The highest BCUT2D eigenvalue weighted by atomic mass is 16.5. The Hall–Kier alpha value is -5.24. The van der Waals surface area contributed by atoms with Crippen molar-refractivity contribution in [3.05, 3.63) is 72.8 Å². The van der Waals surface area contributed by atoms with E-state index in [0.29, 0.717) is 23.0 Å². The van der Waals surface area contributed by atoms with Gasteiger partial charge >= 0.3 is 0 Å². The summed E-state index contributed by atoms with van der Waals surface area (Å²) in [5.41, 5.74) is 7.42. The molecule has 0 fully saturated rings. The maximum absolute atomic E-state index is 5.91. The molecule has 2 aromatic heterocycles. The number of hydrogen-bond donors (Lipinski definition) is 2. The van der Waals surface area contributed by atoms with Gasteiger partial charge in [-0.1, -0.05) is 24.3 Å². The number of methoxy groups -OCH3 is 6. The molecule has 0 aliphatic heterocycles. The van der Waals surface area contributed by atoms with E-state index < -0.39 is 0 Å². The first-order valence-corrected chi connectivity index (χ1v) is 13.4. The predicted molar refractivity (Wildman–Crippen MR) is 166 cm³/mol. The molecular weight excluding hydrogens is 532 g/mol. The normalized spacial score (nSPS) is 11.1. The average Bonchev–Trinajstić information content (AvgIpc) is 3.62. The van der Waals surface area contributed by atoms with Gasteiger partial charge in [-0.25, -0.2) is 0 Å². The van der Waals surface area contributed by atoms with Crippen molar-refractivity contribution in [2.45, 2.75) is 0 Å². The first-order valence-electron chi connectivity index (χ1n) is 13.4. The fourth-order valence-corrected chi connectivity index (χ4v) is 5.56. The maximum atomic E-state index is 5.91. The molecule has 0 aliphatic carbocycles. The highest BCUT2D eigenvalue weighted by Gasteiger charge is 2.26. The van der Waals surface area contributed by atoms with Crippen LogP contribution in [0.2, 0.25) is 0 Å². The van der Waals surface area contributed by atoms with Crippen LogP contribution in [-0.2, 0) is 0 Å². The quantitative estimate of drug-likeness (QED) is 0.187. The average molecular weight is 565 g/mol. The Balaban J connectivity index is 1.75. The van der Waals surface area contributed by atoms with Crippen molar-refractivity contribution >= 4 is 21.8 Å². The summed E-state index contributed by atoms with van der Waals surface area (Å²) < 4.78 is 33.9. The van der Waals surface area contributed by atoms with Crippen LogP contribution in [0.1, 0.15) is 0 Å². The van der Waals surface area contributed by atoms with Crippen molar-refractivity contribution in [3.8, 4) is 68.1 Å². The summed E-state index contributed by atoms with van der Waals surface area (Å²) in [6, 6.07) is 23.8. The van der Waals surface area contributed by atoms with E-state index in [-0.39, 0.29) is 0 Å². The number of H-pyrrole nitrogens is 2. The Labute approximate surface area is 243 Å². The zero-order valence-electron chi connectivity index (χ0n) is 24.4. The number of benzene rings is 4. The van der Waals surface area contributed by atoms with Crippen LogP contribution in [0.4, 0.5) is 0 Å². The third kappa shape index (κ3) is 4.41. The summed E-state index contributed by atoms with van der Waals surface area (Å²) in [6.45, 7) is 0. The van der Waals surface area contributed by atoms with E-state index in [1.807, 2.05) is 72.8 Å². The predicted octanol–water partition coefficient (Wildman–Crippen LogP) is 7.70. The lowest BCUT2D eigenvalue weighted by Crippen LogP contribution is -1.90. The van der Waals surface area contributed by atoms with Crippen molar-refractivity contribution in [2.75, 3.05) is 42.7 Å². The Morgan fingerprint density at radius 2 is 0.762 bits per heavy atom. The van der Waals surface area contributed by atoms with Gasteiger partial charge in [-0.05, 0) is 35.4 Å². The van der Waals surface area contributed by atoms with E-state index in [1.54, 1.807) is 42.7 Å². The topological polar surface area (TPSA) is 87.0 Å². The number of aromatic nitrogens is 2. The van der Waals surface area contributed by atoms with Crippen LogP contribution in [-0.4, -0.2) is 52.6 Å². The standard InChI is InChI=1S/C34H32N2O6/c1-37-21-11-7-19(8-12-21)29-31-25(15-23(39-3)17-27(31)41-5)35-33(29)34-30(20-9-13-22(38-2)14-10-20)32-26(36-34)16-24(40-4)18-28(32)42-6/h7-18,35-36H,1-6H3. The summed E-state index contributed by atoms with van der Waals surface area (Å²) in [5.74, 6) is 4.31. The van der Waals surface area contributed by atoms with Crippen molar-refractivity contribution < 1.29 is 28.4 Å². The molecule has 0 aliphatic rings. The first-order chi connectivity index (χ1) is 20.5. The lowest BCUT2D eigenvalue weighted by atomic mass is 9.95. The van der Waals surface area contributed by atoms with E-state index in [9.17, 15) is 0 Å². The minimum absolute atomic E-state index is 0.687. The van der Waals surface area contributed by atoms with Gasteiger partial charge in [-0.3, -0.25) is 0 Å². The summed E-state index contributed by atoms with van der Waals surface area (Å²) in [5, 5.41) is 1.87. The summed E-state index contributed by atoms with van der Waals surface area (Å²) in [6.07, 6.45) is 0. The van der Waals surface area contributed by atoms with E-state index in [4.69, 9.17) is 28.4 Å². The molecule has 0 saturated heterocycles. The van der Waals surface area contributed by atoms with Gasteiger partial charge in [0.15, 0.2) is 0 Å². The third-order valence-electron chi connectivity index (χ3n) is 7.59. The lowest BCUT2D eigenvalue weighted by Gasteiger charge is -2.12. The van der Waals surface area contributed by atoms with Crippen LogP contribution < -0.4 is 28.4 Å². The molecule has 8 nitrogen and oxygen atoms in total. The van der Waals surface area contributed by atoms with Crippen molar-refractivity contribution in [1.29, 1.82) is 0 Å². The van der Waals surface area contributed by atoms with Gasteiger partial charge in [-0.2, -0.15) is 0 Å². The van der Waals surface area contributed by atoms with Crippen LogP contribution in [0.5, 0.6) is 34.5 Å². The second-order valence-electron chi connectivity index (χ2n) is 9.71. The van der Waals surface area contributed by atoms with Crippen molar-refractivity contribution in [3.63, 3.8) is 0 Å². The molecule has 6 rings (SSSR count). The molecule has 0 spiro atoms. The summed E-state index contributed by atoms with van der Waals surface area (Å²) >= 11 is 0. The van der Waals surface area contributed by atoms with Crippen LogP contribution in [0.3, 0.4) is 0 Å². The van der Waals surface area contributed by atoms with E-state index >= 15 is 0 Å². The van der Waals surface area contributed by atoms with E-state index in [2.05, 4.69) is 9.97 Å². The monoisotopic (exact) mass is 564 g/mol. The molecule has 0 saturated carbocycles. The summed E-state index contributed by atoms with van der Waals surface area (Å²) in [4.78, 5) is 7.40. The van der Waals surface area contributed by atoms with Crippen LogP contribution in [0, 0.1) is 0 Å². The third-order valence-corrected chi connectivity index (χ3v) is 7.59. The minimum Gasteiger partial charge on any atom is -0.497 e. The first kappa shape index (κ1) is 27.0. The van der Waals surface area contributed by atoms with Gasteiger partial charge < -0.3 is 38.4 Å². The minimum atomic E-state index is 0.687. The van der Waals surface area contributed by atoms with Gasteiger partial charge in [-0.15, -0.1) is 0 Å². The van der Waals surface area contributed by atoms with Gasteiger partial charge in [0.2, 0.25) is 0 Å². The van der Waals surface area contributed by atoms with Gasteiger partial charge in [0.25, 0.3) is 0 Å². The molecule has 6 aromatic rings. The molecule has 2 heterocycles. The SMILES string of the molecule is COc1ccc(-c2c(-c3[nH]c4cc(OC)cc(OC)c4c3-c3ccc(OC)cc3)[nH]c3cc(OC)cc(OC)c23)cc1. The second-order valence-corrected chi connectivity index (χ2v) is 9.71. The molecule has 0 unspecified atom stereocenters. The molecular formula is C34H32N2O6. The zero-order valence-corrected chi connectivity index (χ0v) is 24.4. The number of hydrogen-bond acceptors (Lipinski definition) is 6. The smallest absolute Gasteiger partial charge is 0.132 e. The Morgan fingerprint density at radius 1 is 0.405 bits per heavy atom. The highest BCUT2D eigenvalue weighted by molar-refractivity contribution is 6.13. The number of nitrogens with one attached hydrogen (secondary N) is 2. The number of rotatable bonds is 9. The lowest BCUT2D eigenvalue weighted by molar-refractivity contribution is 0.398. The van der Waals surface area contributed by atoms with Crippen molar-refractivity contribution in [2.24, 2.45) is 0 Å². The molecule has 0 radical (unpaired) electrons. The van der Waals surface area contributed by atoms with Gasteiger partial charge in [0.05, 0.1) is 75.9 Å². The van der Waals surface area contributed by atoms with E-state index in [1.165, 1.54) is 0 Å². The Morgan fingerprint density at radius 3 is 1.07 bits per heavy atom. The second kappa shape index (κ2) is 11.0. The van der Waals surface area contributed by atoms with Gasteiger partial charge in [0.1, 0.15) is 34.5 Å². The van der Waals surface area contributed by atoms with Gasteiger partial charge in [0, 0.05) is 35.4 Å². The highest BCUT2D eigenvalue weighted by Crippen LogP contribution is 2.50. The molecule has 214 valence electrons. The number of fused-ring (bicyclic) bond motifs is 2. The Kier molecular flexibility index (Phi) is 7.04. The largest absolute Gasteiger partial charge is 0.497 e. The molecule has 0 amide bonds. The van der Waals surface area contributed by atoms with E-state index in [0.717, 1.165) is 66.9 Å². The zero-order chi connectivity index (χ0) is 29.4. The molecule has 42 heavy (non-hydrogen) atoms. The fraction of sp³-hybridized carbons (Fsp3) is 0.176. The van der Waals surface area contributed by atoms with Crippen molar-refractivity contribution in [1.82, 2.24) is 9.97 Å². The Bertz CT molecular complexity index is 1750. The number of aromatic amines is 2. The molecule has 8 heteroatoms. The van der Waals surface area contributed by atoms with Crippen LogP contribution >= 0.6 is 0 Å². The fourth-order valence-electron chi connectivity index (χ4n) is 5.56. The summed E-state index contributed by atoms with van der Waals surface area (Å²) in [7, 11) is 9.95. The van der Waals surface area contributed by atoms with Crippen LogP contribution in [0.25, 0.3) is 55.4 Å². The molecule has 0 atom stereocenters. The molecule has 2 N–H and O–H groups in total. The van der Waals surface area contributed by atoms with Crippen LogP contribution in [0.15, 0.2) is 72.8 Å². The molecule has 0 bridgehead atoms. The maximum Gasteiger partial charge on any atom is 0.132 e.